The largest absolute Gasteiger partial charge is 0.412 e. The molecule has 0 aromatic carbocycles. The van der Waals surface area contributed by atoms with Gasteiger partial charge in [-0.1, -0.05) is 13.8 Å². The molecule has 9 N–H and O–H groups in total. The molecule has 4 atom stereocenters. The van der Waals surface area contributed by atoms with E-state index in [2.05, 4.69) is 15.0 Å². The standard InChI is InChI=1S/C11H15N5O5.C2H6.CH4O.HO2P.H2O.H2/c1-20-7-6(18)4(2-17)21-10(7)16-3-13-5-8(16)14-11(12)15-9(5)19;2*1-2;1-3-2;;/h3-4,6-7,10,17-18H,2H2,1H3,(H3,12,14,15,19);1-2H3;2H,1H3;(H,1,2);1H2;1H. The Morgan fingerprint density at radius 1 is 1.45 bits per heavy atom. The zero-order valence-corrected chi connectivity index (χ0v) is 17.3. The molecular formula is C14H30N5O9P. The smallest absolute Gasteiger partial charge is 0.324 e. The first-order valence-electron chi connectivity index (χ1n) is 8.09. The van der Waals surface area contributed by atoms with Gasteiger partial charge < -0.3 is 40.9 Å². The first kappa shape index (κ1) is 29.2. The molecule has 1 aliphatic heterocycles. The number of H-pyrrole nitrogens is 1. The molecule has 15 heteroatoms. The van der Waals surface area contributed by atoms with E-state index in [0.717, 1.165) is 7.11 Å². The normalized spacial score (nSPS) is 22.3. The first-order chi connectivity index (χ1) is 13.5. The predicted molar refractivity (Wildman–Crippen MR) is 105 cm³/mol. The number of rotatable bonds is 3. The lowest BCUT2D eigenvalue weighted by molar-refractivity contribution is -0.0583. The first-order valence-corrected chi connectivity index (χ1v) is 8.85. The Bertz CT molecular complexity index is 778. The summed E-state index contributed by atoms with van der Waals surface area (Å²) < 4.78 is 20.7. The number of fused-ring (bicyclic) bond motifs is 1. The quantitative estimate of drug-likeness (QED) is 0.289. The maximum absolute atomic E-state index is 11.8. The van der Waals surface area contributed by atoms with Crippen molar-refractivity contribution in [1.82, 2.24) is 19.5 Å². The van der Waals surface area contributed by atoms with Crippen LogP contribution in [0.15, 0.2) is 11.1 Å². The number of hydrogen-bond donors (Lipinski definition) is 6. The van der Waals surface area contributed by atoms with E-state index in [1.54, 1.807) is 0 Å². The van der Waals surface area contributed by atoms with Gasteiger partial charge in [0, 0.05) is 15.6 Å². The number of hydrogen-bond acceptors (Lipinski definition) is 10. The zero-order chi connectivity index (χ0) is 21.9. The molecule has 1 fully saturated rings. The number of methoxy groups -OCH3 is 1. The molecule has 0 amide bonds. The molecule has 0 aliphatic carbocycles. The van der Waals surface area contributed by atoms with Gasteiger partial charge in [0.1, 0.15) is 18.3 Å². The van der Waals surface area contributed by atoms with Crippen molar-refractivity contribution in [3.05, 3.63) is 16.7 Å². The molecular weight excluding hydrogens is 413 g/mol. The second kappa shape index (κ2) is 14.9. The third-order valence-electron chi connectivity index (χ3n) is 3.49. The molecule has 4 unspecified atom stereocenters. The minimum Gasteiger partial charge on any atom is -0.412 e. The van der Waals surface area contributed by atoms with E-state index in [-0.39, 0.29) is 30.6 Å². The fourth-order valence-corrected chi connectivity index (χ4v) is 2.48. The maximum Gasteiger partial charge on any atom is 0.324 e. The molecule has 3 heterocycles. The van der Waals surface area contributed by atoms with Crippen molar-refractivity contribution in [2.45, 2.75) is 38.4 Å². The number of aromatic amines is 1. The van der Waals surface area contributed by atoms with E-state index >= 15 is 0 Å². The average Bonchev–Trinajstić information content (AvgIpc) is 3.26. The molecule has 1 saturated heterocycles. The van der Waals surface area contributed by atoms with Crippen LogP contribution in [0.1, 0.15) is 21.5 Å². The van der Waals surface area contributed by atoms with E-state index in [9.17, 15) is 15.0 Å². The number of ether oxygens (including phenoxy) is 2. The second-order valence-corrected chi connectivity index (χ2v) is 4.96. The van der Waals surface area contributed by atoms with Crippen molar-refractivity contribution >= 4 is 25.8 Å². The molecule has 14 nitrogen and oxygen atoms in total. The van der Waals surface area contributed by atoms with Crippen LogP contribution in [0.4, 0.5) is 5.95 Å². The van der Waals surface area contributed by atoms with Gasteiger partial charge in [-0.15, -0.1) is 0 Å². The van der Waals surface area contributed by atoms with Crippen LogP contribution >= 0.6 is 8.69 Å². The molecule has 3 rings (SSSR count). The van der Waals surface area contributed by atoms with E-state index in [1.165, 1.54) is 18.0 Å². The van der Waals surface area contributed by atoms with Crippen LogP contribution in [-0.4, -0.2) is 84.3 Å². The van der Waals surface area contributed by atoms with Crippen LogP contribution in [-0.2, 0) is 14.0 Å². The highest BCUT2D eigenvalue weighted by Crippen LogP contribution is 2.32. The Morgan fingerprint density at radius 3 is 2.48 bits per heavy atom. The SMILES string of the molecule is CC.CO.COC1C(O)C(CO)OC1n1cnc2c(=O)[nH]c(N)nc21.O.O=PO.[HH]. The van der Waals surface area contributed by atoms with Crippen LogP contribution in [0.25, 0.3) is 11.2 Å². The van der Waals surface area contributed by atoms with Crippen molar-refractivity contribution in [1.29, 1.82) is 0 Å². The number of aromatic nitrogens is 4. The van der Waals surface area contributed by atoms with Gasteiger partial charge in [-0.05, 0) is 0 Å². The number of aliphatic hydroxyl groups is 3. The molecule has 29 heavy (non-hydrogen) atoms. The fourth-order valence-electron chi connectivity index (χ4n) is 2.48. The van der Waals surface area contributed by atoms with Crippen LogP contribution < -0.4 is 11.3 Å². The Labute approximate surface area is 169 Å². The van der Waals surface area contributed by atoms with Crippen molar-refractivity contribution < 1.29 is 41.2 Å². The van der Waals surface area contributed by atoms with Gasteiger partial charge in [-0.25, -0.2) is 9.55 Å². The van der Waals surface area contributed by atoms with Gasteiger partial charge in [-0.3, -0.25) is 14.3 Å². The van der Waals surface area contributed by atoms with Crippen LogP contribution in [0, 0.1) is 0 Å². The summed E-state index contributed by atoms with van der Waals surface area (Å²) in [6, 6.07) is 0. The summed E-state index contributed by atoms with van der Waals surface area (Å²) in [7, 11) is 1.58. The number of aliphatic hydroxyl groups excluding tert-OH is 3. The molecule has 2 aromatic heterocycles. The maximum atomic E-state index is 11.8. The minimum atomic E-state index is -1.01. The molecule has 2 aromatic rings. The van der Waals surface area contributed by atoms with E-state index in [1.807, 2.05) is 13.8 Å². The number of nitrogens with two attached hydrogens (primary N) is 1. The zero-order valence-electron chi connectivity index (χ0n) is 16.4. The summed E-state index contributed by atoms with van der Waals surface area (Å²) in [6.45, 7) is 3.64. The van der Waals surface area contributed by atoms with E-state index in [4.69, 9.17) is 29.8 Å². The lowest BCUT2D eigenvalue weighted by Gasteiger charge is -2.19. The van der Waals surface area contributed by atoms with Gasteiger partial charge in [0.2, 0.25) is 5.95 Å². The molecule has 0 radical (unpaired) electrons. The fraction of sp³-hybridized carbons (Fsp3) is 0.643. The molecule has 0 spiro atoms. The van der Waals surface area contributed by atoms with Gasteiger partial charge in [0.05, 0.1) is 12.9 Å². The van der Waals surface area contributed by atoms with Crippen LogP contribution in [0.5, 0.6) is 0 Å². The van der Waals surface area contributed by atoms with E-state index in [0.29, 0.717) is 0 Å². The minimum absolute atomic E-state index is 0. The van der Waals surface area contributed by atoms with Crippen molar-refractivity contribution in [2.75, 3.05) is 26.6 Å². The molecule has 170 valence electrons. The topological polar surface area (TPSA) is 238 Å². The van der Waals surface area contributed by atoms with Crippen LogP contribution in [0.3, 0.4) is 0 Å². The average molecular weight is 443 g/mol. The highest BCUT2D eigenvalue weighted by atomic mass is 31.1. The summed E-state index contributed by atoms with van der Waals surface area (Å²) >= 11 is 0. The third kappa shape index (κ3) is 6.76. The van der Waals surface area contributed by atoms with Gasteiger partial charge >= 0.3 is 8.69 Å². The number of nitrogens with one attached hydrogen (secondary N) is 1. The summed E-state index contributed by atoms with van der Waals surface area (Å²) in [6.07, 6.45) is -1.96. The van der Waals surface area contributed by atoms with Crippen molar-refractivity contribution in [3.63, 3.8) is 0 Å². The van der Waals surface area contributed by atoms with Crippen molar-refractivity contribution in [3.8, 4) is 0 Å². The molecule has 0 bridgehead atoms. The Morgan fingerprint density at radius 2 is 2.00 bits per heavy atom. The number of nitrogen functional groups attached to an aromatic ring is 1. The van der Waals surface area contributed by atoms with Gasteiger partial charge in [0.25, 0.3) is 5.56 Å². The van der Waals surface area contributed by atoms with Crippen molar-refractivity contribution in [2.24, 2.45) is 0 Å². The lowest BCUT2D eigenvalue weighted by Crippen LogP contribution is -2.34. The highest BCUT2D eigenvalue weighted by molar-refractivity contribution is 7.16. The third-order valence-corrected chi connectivity index (χ3v) is 3.49. The predicted octanol–water partition coefficient (Wildman–Crippen LogP) is -1.79. The van der Waals surface area contributed by atoms with Gasteiger partial charge in [-0.2, -0.15) is 4.98 Å². The monoisotopic (exact) mass is 443 g/mol. The summed E-state index contributed by atoms with van der Waals surface area (Å²) in [4.78, 5) is 29.1. The van der Waals surface area contributed by atoms with E-state index < -0.39 is 38.8 Å². The van der Waals surface area contributed by atoms with Crippen LogP contribution in [0.2, 0.25) is 0 Å². The number of nitrogens with zero attached hydrogens (tertiary/aromatic N) is 3. The summed E-state index contributed by atoms with van der Waals surface area (Å²) in [5, 5.41) is 26.3. The second-order valence-electron chi connectivity index (χ2n) is 4.80. The Balaban J connectivity index is -0.000000729. The Hall–Kier alpha value is -2.03. The number of imidazole rings is 1. The lowest BCUT2D eigenvalue weighted by atomic mass is 10.1. The number of anilines is 1. The highest BCUT2D eigenvalue weighted by Gasteiger charge is 2.45. The molecule has 0 saturated carbocycles. The van der Waals surface area contributed by atoms with Gasteiger partial charge in [0.15, 0.2) is 17.4 Å². The summed E-state index contributed by atoms with van der Waals surface area (Å²) in [5.74, 6) is -0.0551. The molecule has 1 aliphatic rings. The summed E-state index contributed by atoms with van der Waals surface area (Å²) in [5.41, 5.74) is 5.38. The Kier molecular flexibility index (Phi) is 15.0.